The van der Waals surface area contributed by atoms with Gasteiger partial charge in [-0.2, -0.15) is 5.10 Å². The summed E-state index contributed by atoms with van der Waals surface area (Å²) < 4.78 is 0. The van der Waals surface area contributed by atoms with Crippen LogP contribution in [-0.4, -0.2) is 15.7 Å². The number of aryl methyl sites for hydroxylation is 2. The van der Waals surface area contributed by atoms with E-state index in [0.29, 0.717) is 11.9 Å². The molecule has 2 aliphatic rings. The Morgan fingerprint density at radius 2 is 2.06 bits per heavy atom. The largest absolute Gasteiger partial charge is 0.245 e. The second-order valence-corrected chi connectivity index (χ2v) is 4.83. The van der Waals surface area contributed by atoms with Gasteiger partial charge in [-0.3, -0.25) is 0 Å². The Morgan fingerprint density at radius 3 is 2.76 bits per heavy atom. The molecule has 0 aliphatic heterocycles. The molecular formula is C13H16N4. The fourth-order valence-electron chi connectivity index (χ4n) is 2.56. The number of hydrogen-bond donors (Lipinski definition) is 1. The molecule has 0 bridgehead atoms. The molecule has 1 N–H and O–H groups in total. The predicted octanol–water partition coefficient (Wildman–Crippen LogP) is 2.46. The Kier molecular flexibility index (Phi) is 2.42. The maximum Gasteiger partial charge on any atom is 0.243 e. The zero-order chi connectivity index (χ0) is 11.8. The number of aromatic nitrogens is 2. The summed E-state index contributed by atoms with van der Waals surface area (Å²) >= 11 is 0. The summed E-state index contributed by atoms with van der Waals surface area (Å²) in [5.74, 6) is 1.97. The minimum atomic E-state index is 0.601. The normalized spacial score (nSPS) is 28.0. The molecule has 1 saturated carbocycles. The SMILES string of the molecule is Cc1cc(C)nc(NN=C2CC3C=CCC23)n1. The van der Waals surface area contributed by atoms with Gasteiger partial charge in [-0.05, 0) is 38.7 Å². The number of fused-ring (bicyclic) bond motifs is 1. The molecule has 0 saturated heterocycles. The highest BCUT2D eigenvalue weighted by Crippen LogP contribution is 2.40. The molecule has 0 amide bonds. The van der Waals surface area contributed by atoms with Crippen molar-refractivity contribution in [2.24, 2.45) is 16.9 Å². The van der Waals surface area contributed by atoms with Gasteiger partial charge in [0.25, 0.3) is 0 Å². The van der Waals surface area contributed by atoms with E-state index in [9.17, 15) is 0 Å². The van der Waals surface area contributed by atoms with Crippen LogP contribution in [0.5, 0.6) is 0 Å². The lowest BCUT2D eigenvalue weighted by Crippen LogP contribution is -2.33. The van der Waals surface area contributed by atoms with Crippen LogP contribution in [-0.2, 0) is 0 Å². The molecule has 3 rings (SSSR count). The third-order valence-corrected chi connectivity index (χ3v) is 3.44. The number of hydrogen-bond acceptors (Lipinski definition) is 4. The number of hydrazone groups is 1. The van der Waals surface area contributed by atoms with E-state index in [4.69, 9.17) is 0 Å². The first-order valence-electron chi connectivity index (χ1n) is 6.04. The molecule has 0 radical (unpaired) electrons. The molecule has 4 nitrogen and oxygen atoms in total. The smallest absolute Gasteiger partial charge is 0.243 e. The lowest BCUT2D eigenvalue weighted by molar-refractivity contribution is 0.466. The second kappa shape index (κ2) is 3.95. The van der Waals surface area contributed by atoms with Crippen LogP contribution >= 0.6 is 0 Å². The number of rotatable bonds is 2. The van der Waals surface area contributed by atoms with Gasteiger partial charge in [-0.15, -0.1) is 0 Å². The molecule has 2 unspecified atom stereocenters. The Morgan fingerprint density at radius 1 is 1.29 bits per heavy atom. The van der Waals surface area contributed by atoms with Gasteiger partial charge in [0, 0.05) is 23.0 Å². The van der Waals surface area contributed by atoms with Gasteiger partial charge in [0.2, 0.25) is 5.95 Å². The first-order chi connectivity index (χ1) is 8.22. The van der Waals surface area contributed by atoms with E-state index in [-0.39, 0.29) is 0 Å². The van der Waals surface area contributed by atoms with Gasteiger partial charge < -0.3 is 0 Å². The third kappa shape index (κ3) is 1.95. The Hall–Kier alpha value is -1.71. The number of anilines is 1. The van der Waals surface area contributed by atoms with Crippen molar-refractivity contribution in [2.45, 2.75) is 26.7 Å². The van der Waals surface area contributed by atoms with Crippen molar-refractivity contribution in [1.82, 2.24) is 9.97 Å². The average Bonchev–Trinajstić information content (AvgIpc) is 2.59. The van der Waals surface area contributed by atoms with Crippen molar-refractivity contribution >= 4 is 11.7 Å². The van der Waals surface area contributed by atoms with Crippen LogP contribution in [0.15, 0.2) is 23.3 Å². The van der Waals surface area contributed by atoms with Crippen LogP contribution in [0, 0.1) is 25.7 Å². The van der Waals surface area contributed by atoms with E-state index in [1.54, 1.807) is 0 Å². The average molecular weight is 228 g/mol. The molecule has 1 fully saturated rings. The lowest BCUT2D eigenvalue weighted by Gasteiger charge is -2.31. The first-order valence-corrected chi connectivity index (χ1v) is 6.04. The molecule has 2 aliphatic carbocycles. The topological polar surface area (TPSA) is 50.2 Å². The Balaban J connectivity index is 1.70. The maximum atomic E-state index is 4.43. The minimum Gasteiger partial charge on any atom is -0.245 e. The van der Waals surface area contributed by atoms with Gasteiger partial charge in [0.05, 0.1) is 0 Å². The van der Waals surface area contributed by atoms with Crippen molar-refractivity contribution in [3.63, 3.8) is 0 Å². The quantitative estimate of drug-likeness (QED) is 0.625. The molecule has 0 aromatic carbocycles. The molecular weight excluding hydrogens is 212 g/mol. The van der Waals surface area contributed by atoms with E-state index >= 15 is 0 Å². The fourth-order valence-corrected chi connectivity index (χ4v) is 2.56. The van der Waals surface area contributed by atoms with E-state index < -0.39 is 0 Å². The zero-order valence-corrected chi connectivity index (χ0v) is 10.1. The van der Waals surface area contributed by atoms with Gasteiger partial charge >= 0.3 is 0 Å². The van der Waals surface area contributed by atoms with Crippen molar-refractivity contribution in [1.29, 1.82) is 0 Å². The van der Waals surface area contributed by atoms with Crippen LogP contribution < -0.4 is 5.43 Å². The summed E-state index contributed by atoms with van der Waals surface area (Å²) in [6.07, 6.45) is 6.78. The summed E-state index contributed by atoms with van der Waals surface area (Å²) in [6.45, 7) is 3.93. The van der Waals surface area contributed by atoms with Gasteiger partial charge in [0.1, 0.15) is 0 Å². The van der Waals surface area contributed by atoms with Crippen molar-refractivity contribution in [3.05, 3.63) is 29.6 Å². The summed E-state index contributed by atoms with van der Waals surface area (Å²) in [4.78, 5) is 8.61. The highest BCUT2D eigenvalue weighted by atomic mass is 15.4. The fraction of sp³-hybridized carbons (Fsp3) is 0.462. The Bertz CT molecular complexity index is 484. The van der Waals surface area contributed by atoms with E-state index in [0.717, 1.165) is 30.1 Å². The molecule has 1 aromatic heterocycles. The van der Waals surface area contributed by atoms with Crippen molar-refractivity contribution in [3.8, 4) is 0 Å². The molecule has 4 heteroatoms. The molecule has 2 atom stereocenters. The monoisotopic (exact) mass is 228 g/mol. The van der Waals surface area contributed by atoms with E-state index in [2.05, 4.69) is 32.6 Å². The maximum absolute atomic E-state index is 4.43. The van der Waals surface area contributed by atoms with Crippen LogP contribution in [0.25, 0.3) is 0 Å². The lowest BCUT2D eigenvalue weighted by atomic mass is 9.74. The van der Waals surface area contributed by atoms with Crippen LogP contribution in [0.1, 0.15) is 24.2 Å². The summed E-state index contributed by atoms with van der Waals surface area (Å²) in [5, 5.41) is 4.43. The standard InChI is InChI=1S/C13H16N4/c1-8-6-9(2)15-13(14-8)17-16-12-7-10-4-3-5-11(10)12/h3-4,6,10-11H,5,7H2,1-2H3,(H,14,15,17). The Labute approximate surface area is 101 Å². The molecule has 17 heavy (non-hydrogen) atoms. The molecule has 1 heterocycles. The zero-order valence-electron chi connectivity index (χ0n) is 10.1. The molecule has 1 aromatic rings. The van der Waals surface area contributed by atoms with Gasteiger partial charge in [-0.1, -0.05) is 12.2 Å². The van der Waals surface area contributed by atoms with Crippen molar-refractivity contribution < 1.29 is 0 Å². The van der Waals surface area contributed by atoms with Crippen molar-refractivity contribution in [2.75, 3.05) is 5.43 Å². The summed E-state index contributed by atoms with van der Waals surface area (Å²) in [6, 6.07) is 1.96. The van der Waals surface area contributed by atoms with E-state index in [1.165, 1.54) is 5.71 Å². The highest BCUT2D eigenvalue weighted by Gasteiger charge is 2.37. The van der Waals surface area contributed by atoms with Crippen LogP contribution in [0.4, 0.5) is 5.95 Å². The summed E-state index contributed by atoms with van der Waals surface area (Å²) in [7, 11) is 0. The number of nitrogens with zero attached hydrogens (tertiary/aromatic N) is 3. The predicted molar refractivity (Wildman–Crippen MR) is 67.9 cm³/mol. The number of nitrogens with one attached hydrogen (secondary N) is 1. The number of allylic oxidation sites excluding steroid dienone is 2. The molecule has 0 spiro atoms. The van der Waals surface area contributed by atoms with Crippen LogP contribution in [0.3, 0.4) is 0 Å². The minimum absolute atomic E-state index is 0.601. The second-order valence-electron chi connectivity index (χ2n) is 4.83. The van der Waals surface area contributed by atoms with Gasteiger partial charge in [-0.25, -0.2) is 15.4 Å². The van der Waals surface area contributed by atoms with Gasteiger partial charge in [0.15, 0.2) is 0 Å². The molecule has 88 valence electrons. The van der Waals surface area contributed by atoms with E-state index in [1.807, 2.05) is 19.9 Å². The van der Waals surface area contributed by atoms with Crippen LogP contribution in [0.2, 0.25) is 0 Å². The third-order valence-electron chi connectivity index (χ3n) is 3.44. The summed E-state index contributed by atoms with van der Waals surface area (Å²) in [5.41, 5.74) is 6.17. The first kappa shape index (κ1) is 10.4. The highest BCUT2D eigenvalue weighted by molar-refractivity contribution is 5.94.